The summed E-state index contributed by atoms with van der Waals surface area (Å²) >= 11 is 0. The molecule has 1 aromatic carbocycles. The van der Waals surface area contributed by atoms with Crippen LogP contribution in [0.4, 0.5) is 0 Å². The van der Waals surface area contributed by atoms with Crippen molar-refractivity contribution in [1.82, 2.24) is 4.90 Å². The van der Waals surface area contributed by atoms with Gasteiger partial charge in [0.1, 0.15) is 0 Å². The summed E-state index contributed by atoms with van der Waals surface area (Å²) in [5, 5.41) is 0. The number of morpholine rings is 1. The average Bonchev–Trinajstić information content (AvgIpc) is 2.54. The van der Waals surface area contributed by atoms with E-state index in [1.807, 2.05) is 6.92 Å². The fourth-order valence-corrected chi connectivity index (χ4v) is 3.48. The largest absolute Gasteiger partial charge is 0.375 e. The topological polar surface area (TPSA) is 63.7 Å². The van der Waals surface area contributed by atoms with Crippen LogP contribution < -0.4 is 0 Å². The van der Waals surface area contributed by atoms with Crippen LogP contribution in [0.15, 0.2) is 29.2 Å². The molecule has 1 aliphatic rings. The lowest BCUT2D eigenvalue weighted by atomic mass is 10.1. The molecule has 0 unspecified atom stereocenters. The maximum Gasteiger partial charge on any atom is 0.255 e. The van der Waals surface area contributed by atoms with Crippen molar-refractivity contribution in [2.24, 2.45) is 0 Å². The molecule has 0 radical (unpaired) electrons. The number of carbonyl (C=O) groups is 1. The van der Waals surface area contributed by atoms with E-state index in [0.717, 1.165) is 6.42 Å². The van der Waals surface area contributed by atoms with Gasteiger partial charge in [0.25, 0.3) is 5.91 Å². The lowest BCUT2D eigenvalue weighted by molar-refractivity contribution is -0.0227. The molecule has 6 heteroatoms. The second kappa shape index (κ2) is 6.58. The number of rotatable bonds is 4. The van der Waals surface area contributed by atoms with Gasteiger partial charge in [0.2, 0.25) is 0 Å². The van der Waals surface area contributed by atoms with E-state index in [1.165, 1.54) is 6.07 Å². The number of benzene rings is 1. The molecule has 1 aromatic rings. The molecule has 0 aliphatic carbocycles. The number of ether oxygens (including phenoxy) is 1. The normalized spacial score (nSPS) is 19.5. The van der Waals surface area contributed by atoms with Gasteiger partial charge in [-0.25, -0.2) is 8.42 Å². The van der Waals surface area contributed by atoms with Gasteiger partial charge >= 0.3 is 0 Å². The van der Waals surface area contributed by atoms with Crippen LogP contribution in [0.2, 0.25) is 0 Å². The van der Waals surface area contributed by atoms with Crippen LogP contribution in [-0.4, -0.2) is 50.8 Å². The third-order valence-corrected chi connectivity index (χ3v) is 5.50. The molecule has 21 heavy (non-hydrogen) atoms. The highest BCUT2D eigenvalue weighted by molar-refractivity contribution is 7.91. The summed E-state index contributed by atoms with van der Waals surface area (Å²) in [4.78, 5) is 14.5. The zero-order valence-corrected chi connectivity index (χ0v) is 13.2. The Bertz CT molecular complexity index is 612. The summed E-state index contributed by atoms with van der Waals surface area (Å²) in [6, 6.07) is 6.43. The number of hydrogen-bond acceptors (Lipinski definition) is 4. The molecule has 0 aromatic heterocycles. The minimum absolute atomic E-state index is 0.0159. The van der Waals surface area contributed by atoms with E-state index in [1.54, 1.807) is 30.0 Å². The van der Waals surface area contributed by atoms with Gasteiger partial charge in [-0.05, 0) is 18.6 Å². The first kappa shape index (κ1) is 16.0. The fraction of sp³-hybridized carbons (Fsp3) is 0.533. The van der Waals surface area contributed by atoms with Crippen molar-refractivity contribution in [3.63, 3.8) is 0 Å². The minimum Gasteiger partial charge on any atom is -0.375 e. The van der Waals surface area contributed by atoms with Crippen molar-refractivity contribution < 1.29 is 17.9 Å². The SMILES string of the molecule is CC[C@@H]1CN(C(=O)c2ccccc2S(=O)(=O)CC)CCO1. The Morgan fingerprint density at radius 3 is 2.71 bits per heavy atom. The van der Waals surface area contributed by atoms with Crippen LogP contribution in [0.25, 0.3) is 0 Å². The molecule has 1 fully saturated rings. The van der Waals surface area contributed by atoms with E-state index >= 15 is 0 Å². The second-order valence-electron chi connectivity index (χ2n) is 5.05. The maximum atomic E-state index is 12.7. The van der Waals surface area contributed by atoms with Crippen LogP contribution >= 0.6 is 0 Å². The average molecular weight is 311 g/mol. The number of amides is 1. The standard InChI is InChI=1S/C15H21NO4S/c1-3-12-11-16(9-10-20-12)15(17)13-7-5-6-8-14(13)21(18,19)4-2/h5-8,12H,3-4,9-11H2,1-2H3/t12-/m1/s1. The van der Waals surface area contributed by atoms with Gasteiger partial charge in [0.15, 0.2) is 9.84 Å². The molecule has 0 bridgehead atoms. The predicted molar refractivity (Wildman–Crippen MR) is 80.1 cm³/mol. The quantitative estimate of drug-likeness (QED) is 0.849. The molecule has 5 nitrogen and oxygen atoms in total. The smallest absolute Gasteiger partial charge is 0.255 e. The van der Waals surface area contributed by atoms with Gasteiger partial charge in [0, 0.05) is 13.1 Å². The molecular weight excluding hydrogens is 290 g/mol. The highest BCUT2D eigenvalue weighted by Gasteiger charge is 2.28. The van der Waals surface area contributed by atoms with E-state index < -0.39 is 9.84 Å². The Kier molecular flexibility index (Phi) is 5.00. The minimum atomic E-state index is -3.41. The van der Waals surface area contributed by atoms with E-state index in [9.17, 15) is 13.2 Å². The molecule has 116 valence electrons. The maximum absolute atomic E-state index is 12.7. The monoisotopic (exact) mass is 311 g/mol. The summed E-state index contributed by atoms with van der Waals surface area (Å²) in [7, 11) is -3.41. The van der Waals surface area contributed by atoms with Crippen LogP contribution in [0, 0.1) is 0 Å². The van der Waals surface area contributed by atoms with Gasteiger partial charge in [-0.1, -0.05) is 26.0 Å². The molecule has 0 spiro atoms. The molecule has 1 atom stereocenters. The Morgan fingerprint density at radius 1 is 1.33 bits per heavy atom. The molecular formula is C15H21NO4S. The van der Waals surface area contributed by atoms with Gasteiger partial charge in [-0.15, -0.1) is 0 Å². The summed E-state index contributed by atoms with van der Waals surface area (Å²) in [6.07, 6.45) is 0.858. The van der Waals surface area contributed by atoms with E-state index in [0.29, 0.717) is 19.7 Å². The summed E-state index contributed by atoms with van der Waals surface area (Å²) in [6.45, 7) is 5.09. The zero-order valence-electron chi connectivity index (χ0n) is 12.4. The summed E-state index contributed by atoms with van der Waals surface area (Å²) < 4.78 is 29.8. The van der Waals surface area contributed by atoms with Crippen molar-refractivity contribution in [3.8, 4) is 0 Å². The van der Waals surface area contributed by atoms with Crippen LogP contribution in [0.5, 0.6) is 0 Å². The van der Waals surface area contributed by atoms with E-state index in [2.05, 4.69) is 0 Å². The fourth-order valence-electron chi connectivity index (χ4n) is 2.39. The van der Waals surface area contributed by atoms with Gasteiger partial charge in [-0.2, -0.15) is 0 Å². The van der Waals surface area contributed by atoms with Crippen molar-refractivity contribution in [2.75, 3.05) is 25.4 Å². The highest BCUT2D eigenvalue weighted by atomic mass is 32.2. The van der Waals surface area contributed by atoms with Crippen molar-refractivity contribution in [3.05, 3.63) is 29.8 Å². The Morgan fingerprint density at radius 2 is 2.05 bits per heavy atom. The van der Waals surface area contributed by atoms with Gasteiger partial charge in [-0.3, -0.25) is 4.79 Å². The Labute approximate surface area is 125 Å². The van der Waals surface area contributed by atoms with E-state index in [4.69, 9.17) is 4.74 Å². The van der Waals surface area contributed by atoms with Gasteiger partial charge in [0.05, 0.1) is 28.9 Å². The molecule has 2 rings (SSSR count). The second-order valence-corrected chi connectivity index (χ2v) is 7.30. The first-order valence-corrected chi connectivity index (χ1v) is 8.87. The first-order valence-electron chi connectivity index (χ1n) is 7.22. The van der Waals surface area contributed by atoms with Crippen molar-refractivity contribution in [2.45, 2.75) is 31.3 Å². The Hall–Kier alpha value is -1.40. The van der Waals surface area contributed by atoms with Crippen molar-refractivity contribution >= 4 is 15.7 Å². The molecule has 0 saturated carbocycles. The first-order chi connectivity index (χ1) is 9.99. The highest BCUT2D eigenvalue weighted by Crippen LogP contribution is 2.20. The zero-order chi connectivity index (χ0) is 15.5. The number of nitrogens with zero attached hydrogens (tertiary/aromatic N) is 1. The molecule has 1 heterocycles. The lowest BCUT2D eigenvalue weighted by Crippen LogP contribution is -2.45. The molecule has 0 N–H and O–H groups in total. The van der Waals surface area contributed by atoms with Crippen LogP contribution in [0.1, 0.15) is 30.6 Å². The number of sulfone groups is 1. The number of carbonyl (C=O) groups excluding carboxylic acids is 1. The third kappa shape index (κ3) is 3.44. The molecule has 1 amide bonds. The number of hydrogen-bond donors (Lipinski definition) is 0. The third-order valence-electron chi connectivity index (χ3n) is 3.71. The summed E-state index contributed by atoms with van der Waals surface area (Å²) in [5.74, 6) is -0.248. The van der Waals surface area contributed by atoms with Crippen LogP contribution in [-0.2, 0) is 14.6 Å². The van der Waals surface area contributed by atoms with Crippen molar-refractivity contribution in [1.29, 1.82) is 0 Å². The molecule has 1 saturated heterocycles. The predicted octanol–water partition coefficient (Wildman–Crippen LogP) is 1.73. The van der Waals surface area contributed by atoms with E-state index in [-0.39, 0.29) is 28.2 Å². The Balaban J connectivity index is 2.32. The molecule has 1 aliphatic heterocycles. The summed E-state index contributed by atoms with van der Waals surface area (Å²) in [5.41, 5.74) is 0.260. The van der Waals surface area contributed by atoms with Gasteiger partial charge < -0.3 is 9.64 Å². The van der Waals surface area contributed by atoms with Crippen LogP contribution in [0.3, 0.4) is 0 Å². The lowest BCUT2D eigenvalue weighted by Gasteiger charge is -2.32.